The van der Waals surface area contributed by atoms with Gasteiger partial charge in [0.2, 0.25) is 0 Å². The first kappa shape index (κ1) is 20.7. The van der Waals surface area contributed by atoms with Gasteiger partial charge >= 0.3 is 5.97 Å². The molecule has 2 aromatic rings. The van der Waals surface area contributed by atoms with Crippen molar-refractivity contribution in [2.24, 2.45) is 4.99 Å². The number of aromatic nitrogens is 1. The van der Waals surface area contributed by atoms with Crippen molar-refractivity contribution in [2.45, 2.75) is 26.9 Å². The van der Waals surface area contributed by atoms with Crippen molar-refractivity contribution in [3.05, 3.63) is 45.4 Å². The average Bonchev–Trinajstić information content (AvgIpc) is 3.08. The molecule has 0 saturated heterocycles. The lowest BCUT2D eigenvalue weighted by Gasteiger charge is -2.21. The van der Waals surface area contributed by atoms with Gasteiger partial charge in [-0.05, 0) is 31.5 Å². The summed E-state index contributed by atoms with van der Waals surface area (Å²) in [4.78, 5) is 23.0. The molecule has 2 rings (SSSR count). The van der Waals surface area contributed by atoms with Gasteiger partial charge in [-0.15, -0.1) is 11.3 Å². The number of rotatable bonds is 7. The van der Waals surface area contributed by atoms with Crippen LogP contribution in [0, 0.1) is 6.92 Å². The molecule has 0 bridgehead atoms. The van der Waals surface area contributed by atoms with E-state index >= 15 is 0 Å². The monoisotopic (exact) mass is 390 g/mol. The molecule has 146 valence electrons. The summed E-state index contributed by atoms with van der Waals surface area (Å²) in [5.74, 6) is 0.846. The Balaban J connectivity index is 2.14. The number of methoxy groups -OCH3 is 2. The number of thiazole rings is 1. The molecule has 1 aromatic heterocycles. The van der Waals surface area contributed by atoms with E-state index in [1.54, 1.807) is 17.4 Å². The van der Waals surface area contributed by atoms with Gasteiger partial charge in [-0.1, -0.05) is 6.07 Å². The molecule has 27 heavy (non-hydrogen) atoms. The fraction of sp³-hybridized carbons (Fsp3) is 0.421. The predicted molar refractivity (Wildman–Crippen MR) is 107 cm³/mol. The van der Waals surface area contributed by atoms with Gasteiger partial charge in [0.05, 0.1) is 38.0 Å². The molecule has 0 amide bonds. The maximum atomic E-state index is 11.8. The molecule has 0 atom stereocenters. The van der Waals surface area contributed by atoms with Gasteiger partial charge in [0, 0.05) is 19.0 Å². The Kier molecular flexibility index (Phi) is 7.60. The largest absolute Gasteiger partial charge is 0.496 e. The Morgan fingerprint density at radius 2 is 2.15 bits per heavy atom. The number of hydrogen-bond donors (Lipinski definition) is 1. The highest BCUT2D eigenvalue weighted by Crippen LogP contribution is 2.21. The molecule has 0 radical (unpaired) electrons. The molecule has 1 heterocycles. The second kappa shape index (κ2) is 9.91. The summed E-state index contributed by atoms with van der Waals surface area (Å²) in [5.41, 5.74) is 2.36. The molecule has 0 unspecified atom stereocenters. The van der Waals surface area contributed by atoms with Gasteiger partial charge in [0.15, 0.2) is 5.96 Å². The van der Waals surface area contributed by atoms with Crippen molar-refractivity contribution in [2.75, 3.05) is 27.8 Å². The molecule has 0 spiro atoms. The summed E-state index contributed by atoms with van der Waals surface area (Å²) in [6.07, 6.45) is 0. The Morgan fingerprint density at radius 3 is 2.74 bits per heavy atom. The van der Waals surface area contributed by atoms with Crippen LogP contribution >= 0.6 is 11.3 Å². The number of aliphatic imine (C=N–C) groups is 1. The third-order valence-electron chi connectivity index (χ3n) is 3.84. The summed E-state index contributed by atoms with van der Waals surface area (Å²) in [6, 6.07) is 5.36. The van der Waals surface area contributed by atoms with Crippen LogP contribution in [0.2, 0.25) is 0 Å². The number of aryl methyl sites for hydroxylation is 1. The minimum Gasteiger partial charge on any atom is -0.496 e. The Labute approximate surface area is 164 Å². The number of nitrogens with zero attached hydrogens (tertiary/aromatic N) is 3. The number of hydrogen-bond acceptors (Lipinski definition) is 6. The fourth-order valence-electron chi connectivity index (χ4n) is 2.55. The minimum absolute atomic E-state index is 0.399. The van der Waals surface area contributed by atoms with E-state index in [0.717, 1.165) is 28.8 Å². The molecule has 0 fully saturated rings. The topological polar surface area (TPSA) is 76.1 Å². The van der Waals surface area contributed by atoms with E-state index in [1.807, 2.05) is 37.9 Å². The van der Waals surface area contributed by atoms with Gasteiger partial charge in [0.1, 0.15) is 11.3 Å². The molecule has 0 saturated carbocycles. The lowest BCUT2D eigenvalue weighted by Crippen LogP contribution is -2.38. The number of esters is 1. The highest BCUT2D eigenvalue weighted by Gasteiger charge is 2.13. The molecule has 8 heteroatoms. The number of carbonyl (C=O) groups is 1. The van der Waals surface area contributed by atoms with Crippen molar-refractivity contribution in [1.29, 1.82) is 0 Å². The summed E-state index contributed by atoms with van der Waals surface area (Å²) >= 11 is 1.64. The normalized spacial score (nSPS) is 11.2. The Bertz CT molecular complexity index is 804. The molecule has 7 nitrogen and oxygen atoms in total. The lowest BCUT2D eigenvalue weighted by atomic mass is 10.1. The third kappa shape index (κ3) is 5.68. The minimum atomic E-state index is -0.423. The van der Waals surface area contributed by atoms with Gasteiger partial charge < -0.3 is 19.7 Å². The molecule has 1 aromatic carbocycles. The molecular weight excluding hydrogens is 364 g/mol. The van der Waals surface area contributed by atoms with Crippen LogP contribution in [-0.4, -0.2) is 49.6 Å². The number of carbonyl (C=O) groups excluding carboxylic acids is 1. The van der Waals surface area contributed by atoms with Crippen LogP contribution in [0.25, 0.3) is 0 Å². The Hall–Kier alpha value is -2.61. The van der Waals surface area contributed by atoms with Gasteiger partial charge in [-0.25, -0.2) is 14.8 Å². The van der Waals surface area contributed by atoms with Gasteiger partial charge in [0.25, 0.3) is 0 Å². The SMILES string of the molecule is CCNC(=NCc1ccc(C(=O)OC)c(OC)c1)N(C)Cc1csc(C)n1. The van der Waals surface area contributed by atoms with Crippen LogP contribution in [0.15, 0.2) is 28.6 Å². The zero-order valence-electron chi connectivity index (χ0n) is 16.4. The van der Waals surface area contributed by atoms with Crippen molar-refractivity contribution in [3.63, 3.8) is 0 Å². The van der Waals surface area contributed by atoms with Gasteiger partial charge in [-0.3, -0.25) is 0 Å². The van der Waals surface area contributed by atoms with Gasteiger partial charge in [-0.2, -0.15) is 0 Å². The van der Waals surface area contributed by atoms with E-state index in [9.17, 15) is 4.79 Å². The molecular formula is C19H26N4O3S. The first-order valence-corrected chi connectivity index (χ1v) is 9.52. The maximum absolute atomic E-state index is 11.8. The quantitative estimate of drug-likeness (QED) is 0.445. The number of guanidine groups is 1. The fourth-order valence-corrected chi connectivity index (χ4v) is 3.15. The van der Waals surface area contributed by atoms with Crippen LogP contribution < -0.4 is 10.1 Å². The number of nitrogens with one attached hydrogen (secondary N) is 1. The van der Waals surface area contributed by atoms with Crippen molar-refractivity contribution in [3.8, 4) is 5.75 Å². The lowest BCUT2D eigenvalue weighted by molar-refractivity contribution is 0.0597. The first-order valence-electron chi connectivity index (χ1n) is 8.64. The number of ether oxygens (including phenoxy) is 2. The highest BCUT2D eigenvalue weighted by molar-refractivity contribution is 7.09. The van der Waals surface area contributed by atoms with Crippen molar-refractivity contribution >= 4 is 23.3 Å². The second-order valence-corrected chi connectivity index (χ2v) is 6.97. The van der Waals surface area contributed by atoms with Crippen molar-refractivity contribution in [1.82, 2.24) is 15.2 Å². The van der Waals surface area contributed by atoms with E-state index in [4.69, 9.17) is 14.5 Å². The third-order valence-corrected chi connectivity index (χ3v) is 4.67. The van der Waals surface area contributed by atoms with E-state index in [2.05, 4.69) is 15.7 Å². The average molecular weight is 391 g/mol. The van der Waals surface area contributed by atoms with E-state index in [-0.39, 0.29) is 0 Å². The van der Waals surface area contributed by atoms with E-state index in [0.29, 0.717) is 24.4 Å². The maximum Gasteiger partial charge on any atom is 0.341 e. The van der Waals surface area contributed by atoms with Crippen LogP contribution in [0.3, 0.4) is 0 Å². The van der Waals surface area contributed by atoms with Crippen LogP contribution in [0.4, 0.5) is 0 Å². The molecule has 0 aliphatic heterocycles. The molecule has 0 aliphatic carbocycles. The smallest absolute Gasteiger partial charge is 0.341 e. The van der Waals surface area contributed by atoms with E-state index < -0.39 is 5.97 Å². The van der Waals surface area contributed by atoms with Crippen LogP contribution in [0.5, 0.6) is 5.75 Å². The summed E-state index contributed by atoms with van der Waals surface area (Å²) in [6.45, 7) is 5.94. The summed E-state index contributed by atoms with van der Waals surface area (Å²) < 4.78 is 10.1. The Morgan fingerprint density at radius 1 is 1.37 bits per heavy atom. The first-order chi connectivity index (χ1) is 13.0. The summed E-state index contributed by atoms with van der Waals surface area (Å²) in [5, 5.41) is 6.41. The van der Waals surface area contributed by atoms with Crippen LogP contribution in [0.1, 0.15) is 33.5 Å². The number of benzene rings is 1. The standard InChI is InChI=1S/C19H26N4O3S/c1-6-20-19(23(3)11-15-12-27-13(2)22-15)21-10-14-7-8-16(18(24)26-5)17(9-14)25-4/h7-9,12H,6,10-11H2,1-5H3,(H,20,21). The summed E-state index contributed by atoms with van der Waals surface area (Å²) in [7, 11) is 4.86. The van der Waals surface area contributed by atoms with Crippen molar-refractivity contribution < 1.29 is 14.3 Å². The van der Waals surface area contributed by atoms with Crippen LogP contribution in [-0.2, 0) is 17.8 Å². The van der Waals surface area contributed by atoms with E-state index in [1.165, 1.54) is 14.2 Å². The predicted octanol–water partition coefficient (Wildman–Crippen LogP) is 2.84. The second-order valence-electron chi connectivity index (χ2n) is 5.91. The zero-order valence-corrected chi connectivity index (χ0v) is 17.2. The molecule has 1 N–H and O–H groups in total. The zero-order chi connectivity index (χ0) is 19.8. The molecule has 0 aliphatic rings. The highest BCUT2D eigenvalue weighted by atomic mass is 32.1.